The summed E-state index contributed by atoms with van der Waals surface area (Å²) in [6.45, 7) is 1.10. The Morgan fingerprint density at radius 2 is 1.66 bits per heavy atom. The van der Waals surface area contributed by atoms with Crippen LogP contribution in [-0.2, 0) is 24.3 Å². The molecule has 1 N–H and O–H groups in total. The van der Waals surface area contributed by atoms with Crippen LogP contribution in [-0.4, -0.2) is 40.6 Å². The van der Waals surface area contributed by atoms with Crippen molar-refractivity contribution in [2.45, 2.75) is 24.7 Å². The fourth-order valence-electron chi connectivity index (χ4n) is 3.66. The van der Waals surface area contributed by atoms with Gasteiger partial charge in [-0.05, 0) is 42.3 Å². The summed E-state index contributed by atoms with van der Waals surface area (Å²) in [5.41, 5.74) is 3.10. The molecule has 7 nitrogen and oxygen atoms in total. The second-order valence-electron chi connectivity index (χ2n) is 7.80. The Morgan fingerprint density at radius 3 is 2.40 bits per heavy atom. The van der Waals surface area contributed by atoms with Gasteiger partial charge in [0.15, 0.2) is 11.0 Å². The molecule has 0 fully saturated rings. The molecule has 35 heavy (non-hydrogen) atoms. The van der Waals surface area contributed by atoms with E-state index in [1.54, 1.807) is 14.2 Å². The normalized spacial score (nSPS) is 10.7. The molecular weight excluding hydrogens is 460 g/mol. The van der Waals surface area contributed by atoms with Gasteiger partial charge < -0.3 is 19.4 Å². The van der Waals surface area contributed by atoms with Crippen LogP contribution < -0.4 is 14.8 Å². The molecule has 0 aliphatic heterocycles. The predicted octanol–water partition coefficient (Wildman–Crippen LogP) is 4.61. The monoisotopic (exact) mass is 488 g/mol. The van der Waals surface area contributed by atoms with E-state index in [2.05, 4.69) is 32.2 Å². The maximum Gasteiger partial charge on any atom is 0.230 e. The molecule has 1 aromatic heterocycles. The van der Waals surface area contributed by atoms with Gasteiger partial charge in [0.05, 0.1) is 20.0 Å². The maximum atomic E-state index is 12.6. The number of nitrogens with one attached hydrogen (secondary N) is 1. The van der Waals surface area contributed by atoms with Crippen molar-refractivity contribution in [2.75, 3.05) is 20.0 Å². The van der Waals surface area contributed by atoms with Gasteiger partial charge in [-0.3, -0.25) is 4.79 Å². The van der Waals surface area contributed by atoms with Crippen LogP contribution in [0.25, 0.3) is 11.4 Å². The fraction of sp³-hybridized carbons (Fsp3) is 0.222. The van der Waals surface area contributed by atoms with Gasteiger partial charge in [0.1, 0.15) is 11.5 Å². The summed E-state index contributed by atoms with van der Waals surface area (Å²) < 4.78 is 12.7. The highest BCUT2D eigenvalue weighted by molar-refractivity contribution is 7.99. The smallest absolute Gasteiger partial charge is 0.230 e. The number of hydrogen-bond acceptors (Lipinski definition) is 6. The molecule has 4 rings (SSSR count). The van der Waals surface area contributed by atoms with Crippen molar-refractivity contribution in [2.24, 2.45) is 0 Å². The molecule has 4 aromatic rings. The van der Waals surface area contributed by atoms with E-state index in [1.165, 1.54) is 17.3 Å². The van der Waals surface area contributed by atoms with Crippen LogP contribution >= 0.6 is 11.8 Å². The number of para-hydroxylation sites is 1. The zero-order chi connectivity index (χ0) is 24.5. The minimum atomic E-state index is -0.0792. The third-order valence-electron chi connectivity index (χ3n) is 5.53. The lowest BCUT2D eigenvalue weighted by molar-refractivity contribution is -0.118. The number of benzene rings is 3. The largest absolute Gasteiger partial charge is 0.497 e. The zero-order valence-electron chi connectivity index (χ0n) is 19.8. The van der Waals surface area contributed by atoms with Gasteiger partial charge in [0.25, 0.3) is 0 Å². The minimum absolute atomic E-state index is 0.0792. The molecule has 0 aliphatic carbocycles. The summed E-state index contributed by atoms with van der Waals surface area (Å²) in [5.74, 6) is 2.46. The number of carbonyl (C=O) groups excluding carboxylic acids is 1. The molecule has 8 heteroatoms. The predicted molar refractivity (Wildman–Crippen MR) is 138 cm³/mol. The number of nitrogens with zero attached hydrogens (tertiary/aromatic N) is 3. The van der Waals surface area contributed by atoms with E-state index in [-0.39, 0.29) is 11.7 Å². The van der Waals surface area contributed by atoms with E-state index in [9.17, 15) is 4.79 Å². The number of aryl methyl sites for hydroxylation is 1. The minimum Gasteiger partial charge on any atom is -0.497 e. The zero-order valence-corrected chi connectivity index (χ0v) is 20.6. The van der Waals surface area contributed by atoms with Crippen LogP contribution in [0.15, 0.2) is 84.0 Å². The van der Waals surface area contributed by atoms with Crippen LogP contribution in [0.3, 0.4) is 0 Å². The molecule has 180 valence electrons. The highest BCUT2D eigenvalue weighted by Gasteiger charge is 2.16. The Labute approximate surface area is 209 Å². The van der Waals surface area contributed by atoms with Gasteiger partial charge >= 0.3 is 0 Å². The molecule has 0 spiro atoms. The summed E-state index contributed by atoms with van der Waals surface area (Å²) in [5, 5.41) is 12.5. The molecule has 0 unspecified atom stereocenters. The first-order valence-electron chi connectivity index (χ1n) is 11.3. The molecule has 0 saturated carbocycles. The standard InChI is InChI=1S/C27H28N4O3S/c1-33-23-14-12-21(13-15-23)26-29-30-27(31(26)17-16-20-8-4-3-5-9-20)35-19-25(32)28-18-22-10-6-7-11-24(22)34-2/h3-15H,16-19H2,1-2H3,(H,28,32). The van der Waals surface area contributed by atoms with Crippen LogP contribution in [0.1, 0.15) is 11.1 Å². The lowest BCUT2D eigenvalue weighted by atomic mass is 10.1. The second kappa shape index (κ2) is 12.1. The van der Waals surface area contributed by atoms with E-state index in [4.69, 9.17) is 9.47 Å². The average molecular weight is 489 g/mol. The van der Waals surface area contributed by atoms with Crippen molar-refractivity contribution in [1.29, 1.82) is 0 Å². The molecule has 0 saturated heterocycles. The summed E-state index contributed by atoms with van der Waals surface area (Å²) in [7, 11) is 3.27. The summed E-state index contributed by atoms with van der Waals surface area (Å²) in [4.78, 5) is 12.6. The van der Waals surface area contributed by atoms with Crippen molar-refractivity contribution < 1.29 is 14.3 Å². The molecular formula is C27H28N4O3S. The summed E-state index contributed by atoms with van der Waals surface area (Å²) in [6.07, 6.45) is 0.829. The van der Waals surface area contributed by atoms with E-state index in [0.717, 1.165) is 34.9 Å². The van der Waals surface area contributed by atoms with Crippen molar-refractivity contribution >= 4 is 17.7 Å². The average Bonchev–Trinajstić information content (AvgIpc) is 3.33. The first-order chi connectivity index (χ1) is 17.2. The Bertz CT molecular complexity index is 1240. The van der Waals surface area contributed by atoms with Crippen molar-refractivity contribution in [1.82, 2.24) is 20.1 Å². The number of thioether (sulfide) groups is 1. The van der Waals surface area contributed by atoms with E-state index in [1.807, 2.05) is 66.7 Å². The van der Waals surface area contributed by atoms with Gasteiger partial charge in [0.2, 0.25) is 5.91 Å². The van der Waals surface area contributed by atoms with E-state index in [0.29, 0.717) is 18.2 Å². The second-order valence-corrected chi connectivity index (χ2v) is 8.74. The van der Waals surface area contributed by atoms with Gasteiger partial charge in [-0.15, -0.1) is 10.2 Å². The van der Waals surface area contributed by atoms with E-state index >= 15 is 0 Å². The topological polar surface area (TPSA) is 78.3 Å². The Morgan fingerprint density at radius 1 is 0.914 bits per heavy atom. The third kappa shape index (κ3) is 6.42. The molecule has 0 bridgehead atoms. The first kappa shape index (κ1) is 24.3. The van der Waals surface area contributed by atoms with Crippen molar-refractivity contribution in [3.05, 3.63) is 90.0 Å². The summed E-state index contributed by atoms with van der Waals surface area (Å²) >= 11 is 1.38. The number of aromatic nitrogens is 3. The first-order valence-corrected chi connectivity index (χ1v) is 12.3. The SMILES string of the molecule is COc1ccc(-c2nnc(SCC(=O)NCc3ccccc3OC)n2CCc2ccccc2)cc1. The number of hydrogen-bond donors (Lipinski definition) is 1. The number of rotatable bonds is 11. The molecule has 1 heterocycles. The van der Waals surface area contributed by atoms with Gasteiger partial charge in [-0.1, -0.05) is 60.3 Å². The van der Waals surface area contributed by atoms with Crippen LogP contribution in [0.5, 0.6) is 11.5 Å². The number of carbonyl (C=O) groups is 1. The van der Waals surface area contributed by atoms with Crippen molar-refractivity contribution in [3.8, 4) is 22.9 Å². The number of ether oxygens (including phenoxy) is 2. The highest BCUT2D eigenvalue weighted by atomic mass is 32.2. The molecule has 1 amide bonds. The van der Waals surface area contributed by atoms with Crippen molar-refractivity contribution in [3.63, 3.8) is 0 Å². The van der Waals surface area contributed by atoms with Gasteiger partial charge in [0, 0.05) is 24.2 Å². The number of amides is 1. The Kier molecular flexibility index (Phi) is 8.40. The molecule has 0 atom stereocenters. The Hall–Kier alpha value is -3.78. The molecule has 0 radical (unpaired) electrons. The van der Waals surface area contributed by atoms with E-state index < -0.39 is 0 Å². The van der Waals surface area contributed by atoms with Gasteiger partial charge in [-0.25, -0.2) is 0 Å². The van der Waals surface area contributed by atoms with Gasteiger partial charge in [-0.2, -0.15) is 0 Å². The third-order valence-corrected chi connectivity index (χ3v) is 6.50. The Balaban J connectivity index is 1.46. The highest BCUT2D eigenvalue weighted by Crippen LogP contribution is 2.26. The molecule has 0 aliphatic rings. The lowest BCUT2D eigenvalue weighted by Crippen LogP contribution is -2.25. The lowest BCUT2D eigenvalue weighted by Gasteiger charge is -2.12. The number of methoxy groups -OCH3 is 2. The summed E-state index contributed by atoms with van der Waals surface area (Å²) in [6, 6.07) is 25.7. The fourth-order valence-corrected chi connectivity index (χ4v) is 4.45. The molecule has 3 aromatic carbocycles. The quantitative estimate of drug-likeness (QED) is 0.311. The van der Waals surface area contributed by atoms with Crippen LogP contribution in [0, 0.1) is 0 Å². The van der Waals surface area contributed by atoms with Crippen LogP contribution in [0.4, 0.5) is 0 Å². The maximum absolute atomic E-state index is 12.6. The van der Waals surface area contributed by atoms with Crippen LogP contribution in [0.2, 0.25) is 0 Å².